The predicted molar refractivity (Wildman–Crippen MR) is 103 cm³/mol. The zero-order chi connectivity index (χ0) is 17.9. The molecule has 2 N–H and O–H groups in total. The number of nitrogens with one attached hydrogen (secondary N) is 2. The average Bonchev–Trinajstić information content (AvgIpc) is 3.07. The number of benzene rings is 1. The van der Waals surface area contributed by atoms with Crippen molar-refractivity contribution in [1.82, 2.24) is 25.4 Å². The Morgan fingerprint density at radius 3 is 2.64 bits per heavy atom. The molecule has 0 aliphatic heterocycles. The zero-order valence-corrected chi connectivity index (χ0v) is 15.6. The molecule has 0 unspecified atom stereocenters. The summed E-state index contributed by atoms with van der Waals surface area (Å²) in [5.74, 6) is 2.42. The molecule has 136 valence electrons. The number of nitrogens with zero attached hydrogens (tertiary/aromatic N) is 4. The molecule has 0 fully saturated rings. The molecule has 0 bridgehead atoms. The highest BCUT2D eigenvalue weighted by molar-refractivity contribution is 5.79. The predicted octanol–water partition coefficient (Wildman–Crippen LogP) is 2.27. The first-order chi connectivity index (χ1) is 12.2. The standard InChI is InChI=1S/C19H30N6/c1-4-18-24-23-15-25(18)13-12-21-19(22-14-16(2)3)20-11-10-17-8-6-5-7-9-17/h5-9,15-16H,4,10-14H2,1-3H3,(H2,20,21,22). The highest BCUT2D eigenvalue weighted by Gasteiger charge is 2.03. The van der Waals surface area contributed by atoms with Crippen LogP contribution < -0.4 is 10.6 Å². The minimum atomic E-state index is 0.539. The van der Waals surface area contributed by atoms with Crippen LogP contribution in [0.2, 0.25) is 0 Å². The minimum Gasteiger partial charge on any atom is -0.356 e. The summed E-state index contributed by atoms with van der Waals surface area (Å²) < 4.78 is 2.08. The lowest BCUT2D eigenvalue weighted by atomic mass is 10.1. The third kappa shape index (κ3) is 6.95. The Bertz CT molecular complexity index is 632. The van der Waals surface area contributed by atoms with Crippen LogP contribution in [0.4, 0.5) is 0 Å². The van der Waals surface area contributed by atoms with Gasteiger partial charge in [-0.3, -0.25) is 4.99 Å². The summed E-state index contributed by atoms with van der Waals surface area (Å²) in [7, 11) is 0. The molecule has 0 atom stereocenters. The van der Waals surface area contributed by atoms with E-state index in [4.69, 9.17) is 0 Å². The third-order valence-corrected chi connectivity index (χ3v) is 3.82. The molecule has 2 rings (SSSR count). The molecule has 6 heteroatoms. The van der Waals surface area contributed by atoms with E-state index in [1.54, 1.807) is 6.33 Å². The summed E-state index contributed by atoms with van der Waals surface area (Å²) in [6.07, 6.45) is 3.66. The largest absolute Gasteiger partial charge is 0.356 e. The van der Waals surface area contributed by atoms with Crippen LogP contribution in [0.25, 0.3) is 0 Å². The Labute approximate surface area is 150 Å². The van der Waals surface area contributed by atoms with Gasteiger partial charge in [-0.2, -0.15) is 0 Å². The van der Waals surface area contributed by atoms with Crippen molar-refractivity contribution in [2.45, 2.75) is 40.2 Å². The molecule has 1 aromatic heterocycles. The molecule has 25 heavy (non-hydrogen) atoms. The summed E-state index contributed by atoms with van der Waals surface area (Å²) in [6, 6.07) is 10.5. The minimum absolute atomic E-state index is 0.539. The molecule has 0 amide bonds. The molecule has 0 radical (unpaired) electrons. The topological polar surface area (TPSA) is 67.1 Å². The first kappa shape index (κ1) is 19.0. The van der Waals surface area contributed by atoms with Crippen LogP contribution in [0.5, 0.6) is 0 Å². The monoisotopic (exact) mass is 342 g/mol. The van der Waals surface area contributed by atoms with Gasteiger partial charge >= 0.3 is 0 Å². The van der Waals surface area contributed by atoms with E-state index in [0.717, 1.165) is 50.8 Å². The van der Waals surface area contributed by atoms with Crippen molar-refractivity contribution in [1.29, 1.82) is 0 Å². The fourth-order valence-electron chi connectivity index (χ4n) is 2.45. The number of aromatic nitrogens is 3. The fourth-order valence-corrected chi connectivity index (χ4v) is 2.45. The van der Waals surface area contributed by atoms with Crippen molar-refractivity contribution in [3.8, 4) is 0 Å². The molecule has 0 saturated heterocycles. The van der Waals surface area contributed by atoms with Crippen LogP contribution in [0, 0.1) is 5.92 Å². The van der Waals surface area contributed by atoms with Gasteiger partial charge in [0.15, 0.2) is 5.96 Å². The quantitative estimate of drug-likeness (QED) is 0.542. The highest BCUT2D eigenvalue weighted by Crippen LogP contribution is 1.98. The molecule has 2 aromatic rings. The number of hydrogen-bond acceptors (Lipinski definition) is 3. The molecular weight excluding hydrogens is 312 g/mol. The highest BCUT2D eigenvalue weighted by atomic mass is 15.3. The van der Waals surface area contributed by atoms with Crippen molar-refractivity contribution < 1.29 is 0 Å². The van der Waals surface area contributed by atoms with E-state index in [9.17, 15) is 0 Å². The number of rotatable bonds is 9. The van der Waals surface area contributed by atoms with Gasteiger partial charge in [0.25, 0.3) is 0 Å². The second-order valence-corrected chi connectivity index (χ2v) is 6.47. The van der Waals surface area contributed by atoms with E-state index in [2.05, 4.69) is 75.4 Å². The lowest BCUT2D eigenvalue weighted by molar-refractivity contribution is 0.623. The van der Waals surface area contributed by atoms with Crippen LogP contribution in [-0.4, -0.2) is 40.4 Å². The lowest BCUT2D eigenvalue weighted by Crippen LogP contribution is -2.40. The molecule has 0 saturated carbocycles. The smallest absolute Gasteiger partial charge is 0.191 e. The van der Waals surface area contributed by atoms with Gasteiger partial charge in [0.2, 0.25) is 0 Å². The fraction of sp³-hybridized carbons (Fsp3) is 0.526. The molecule has 0 spiro atoms. The molecule has 1 aromatic carbocycles. The van der Waals surface area contributed by atoms with Gasteiger partial charge in [-0.15, -0.1) is 10.2 Å². The second kappa shape index (κ2) is 10.5. The van der Waals surface area contributed by atoms with Crippen LogP contribution in [0.3, 0.4) is 0 Å². The number of hydrogen-bond donors (Lipinski definition) is 2. The maximum absolute atomic E-state index is 4.67. The summed E-state index contributed by atoms with van der Waals surface area (Å²) in [4.78, 5) is 4.67. The van der Waals surface area contributed by atoms with Gasteiger partial charge < -0.3 is 15.2 Å². The average molecular weight is 342 g/mol. The third-order valence-electron chi connectivity index (χ3n) is 3.82. The van der Waals surface area contributed by atoms with Crippen molar-refractivity contribution in [3.63, 3.8) is 0 Å². The first-order valence-corrected chi connectivity index (χ1v) is 9.11. The van der Waals surface area contributed by atoms with Gasteiger partial charge in [0.1, 0.15) is 12.2 Å². The van der Waals surface area contributed by atoms with Crippen LogP contribution in [0.1, 0.15) is 32.2 Å². The lowest BCUT2D eigenvalue weighted by Gasteiger charge is -2.14. The van der Waals surface area contributed by atoms with E-state index in [-0.39, 0.29) is 0 Å². The SMILES string of the molecule is CCc1nncn1CCNC(=NCC(C)C)NCCc1ccccc1. The summed E-state index contributed by atoms with van der Waals surface area (Å²) in [5, 5.41) is 14.9. The number of aliphatic imine (C=N–C) groups is 1. The maximum Gasteiger partial charge on any atom is 0.191 e. The van der Waals surface area contributed by atoms with Crippen molar-refractivity contribution in [3.05, 3.63) is 48.0 Å². The van der Waals surface area contributed by atoms with Gasteiger partial charge in [-0.1, -0.05) is 51.1 Å². The van der Waals surface area contributed by atoms with Crippen molar-refractivity contribution in [2.24, 2.45) is 10.9 Å². The van der Waals surface area contributed by atoms with Gasteiger partial charge in [-0.05, 0) is 17.9 Å². The molecule has 0 aliphatic rings. The Balaban J connectivity index is 1.81. The molecule has 0 aliphatic carbocycles. The number of aryl methyl sites for hydroxylation is 1. The Kier molecular flexibility index (Phi) is 7.95. The maximum atomic E-state index is 4.67. The Morgan fingerprint density at radius 1 is 1.16 bits per heavy atom. The van der Waals surface area contributed by atoms with Crippen LogP contribution in [-0.2, 0) is 19.4 Å². The van der Waals surface area contributed by atoms with Gasteiger partial charge in [0, 0.05) is 32.6 Å². The Morgan fingerprint density at radius 2 is 1.92 bits per heavy atom. The van der Waals surface area contributed by atoms with Crippen LogP contribution >= 0.6 is 0 Å². The van der Waals surface area contributed by atoms with E-state index < -0.39 is 0 Å². The van der Waals surface area contributed by atoms with E-state index in [0.29, 0.717) is 5.92 Å². The van der Waals surface area contributed by atoms with E-state index in [1.807, 2.05) is 6.07 Å². The Hall–Kier alpha value is -2.37. The summed E-state index contributed by atoms with van der Waals surface area (Å²) >= 11 is 0. The molecule has 1 heterocycles. The van der Waals surface area contributed by atoms with E-state index in [1.165, 1.54) is 5.56 Å². The van der Waals surface area contributed by atoms with Gasteiger partial charge in [0.05, 0.1) is 0 Å². The molecule has 6 nitrogen and oxygen atoms in total. The first-order valence-electron chi connectivity index (χ1n) is 9.11. The van der Waals surface area contributed by atoms with Crippen LogP contribution in [0.15, 0.2) is 41.7 Å². The normalized spacial score (nSPS) is 11.8. The van der Waals surface area contributed by atoms with E-state index >= 15 is 0 Å². The van der Waals surface area contributed by atoms with Crippen molar-refractivity contribution in [2.75, 3.05) is 19.6 Å². The van der Waals surface area contributed by atoms with Gasteiger partial charge in [-0.25, -0.2) is 0 Å². The summed E-state index contributed by atoms with van der Waals surface area (Å²) in [6.45, 7) is 9.74. The van der Waals surface area contributed by atoms with Crippen molar-refractivity contribution >= 4 is 5.96 Å². The second-order valence-electron chi connectivity index (χ2n) is 6.47. The molecular formula is C19H30N6. The summed E-state index contributed by atoms with van der Waals surface area (Å²) in [5.41, 5.74) is 1.33. The zero-order valence-electron chi connectivity index (χ0n) is 15.6. The number of guanidine groups is 1.